The van der Waals surface area contributed by atoms with Crippen molar-refractivity contribution in [1.82, 2.24) is 5.32 Å². The van der Waals surface area contributed by atoms with Gasteiger partial charge in [-0.05, 0) is 68.3 Å². The SMILES string of the molecule is CCCNCC1CCC1Cc1cccc(Br)c1. The largest absolute Gasteiger partial charge is 0.316 e. The predicted octanol–water partition coefficient (Wildman–Crippen LogP) is 4.02. The number of nitrogens with one attached hydrogen (secondary N) is 1. The molecule has 1 aromatic carbocycles. The molecular weight excluding hydrogens is 274 g/mol. The van der Waals surface area contributed by atoms with Crippen LogP contribution in [0.15, 0.2) is 28.7 Å². The van der Waals surface area contributed by atoms with Crippen molar-refractivity contribution in [2.24, 2.45) is 11.8 Å². The molecule has 1 aliphatic carbocycles. The lowest BCUT2D eigenvalue weighted by Gasteiger charge is -2.37. The van der Waals surface area contributed by atoms with E-state index >= 15 is 0 Å². The van der Waals surface area contributed by atoms with E-state index in [4.69, 9.17) is 0 Å². The average Bonchev–Trinajstić information content (AvgIpc) is 2.30. The van der Waals surface area contributed by atoms with Gasteiger partial charge in [0.1, 0.15) is 0 Å². The molecule has 0 amide bonds. The van der Waals surface area contributed by atoms with Crippen LogP contribution >= 0.6 is 15.9 Å². The molecule has 2 unspecified atom stereocenters. The fourth-order valence-electron chi connectivity index (χ4n) is 2.61. The summed E-state index contributed by atoms with van der Waals surface area (Å²) in [6.45, 7) is 4.61. The summed E-state index contributed by atoms with van der Waals surface area (Å²) in [4.78, 5) is 0. The number of rotatable bonds is 6. The summed E-state index contributed by atoms with van der Waals surface area (Å²) < 4.78 is 1.20. The Morgan fingerprint density at radius 1 is 1.29 bits per heavy atom. The molecule has 1 aromatic rings. The molecule has 1 N–H and O–H groups in total. The van der Waals surface area contributed by atoms with Crippen LogP contribution in [-0.4, -0.2) is 13.1 Å². The van der Waals surface area contributed by atoms with Gasteiger partial charge in [0, 0.05) is 4.47 Å². The van der Waals surface area contributed by atoms with E-state index in [2.05, 4.69) is 52.4 Å². The summed E-state index contributed by atoms with van der Waals surface area (Å²) in [6.07, 6.45) is 5.31. The van der Waals surface area contributed by atoms with Crippen molar-refractivity contribution in [3.63, 3.8) is 0 Å². The van der Waals surface area contributed by atoms with Crippen LogP contribution < -0.4 is 5.32 Å². The molecule has 1 aliphatic rings. The van der Waals surface area contributed by atoms with Crippen LogP contribution in [0.4, 0.5) is 0 Å². The van der Waals surface area contributed by atoms with E-state index in [1.54, 1.807) is 0 Å². The summed E-state index contributed by atoms with van der Waals surface area (Å²) >= 11 is 3.55. The van der Waals surface area contributed by atoms with E-state index in [0.29, 0.717) is 0 Å². The second-order valence-corrected chi connectivity index (χ2v) is 6.05. The van der Waals surface area contributed by atoms with Crippen molar-refractivity contribution >= 4 is 15.9 Å². The van der Waals surface area contributed by atoms with E-state index in [0.717, 1.165) is 11.8 Å². The zero-order valence-electron chi connectivity index (χ0n) is 10.6. The molecule has 0 radical (unpaired) electrons. The van der Waals surface area contributed by atoms with E-state index in [1.165, 1.54) is 48.8 Å². The van der Waals surface area contributed by atoms with Crippen molar-refractivity contribution in [3.8, 4) is 0 Å². The van der Waals surface area contributed by atoms with Crippen molar-refractivity contribution in [2.45, 2.75) is 32.6 Å². The van der Waals surface area contributed by atoms with Gasteiger partial charge in [0.05, 0.1) is 0 Å². The van der Waals surface area contributed by atoms with Gasteiger partial charge >= 0.3 is 0 Å². The second-order valence-electron chi connectivity index (χ2n) is 5.14. The lowest BCUT2D eigenvalue weighted by molar-refractivity contribution is 0.171. The molecule has 1 nitrogen and oxygen atoms in total. The molecule has 0 bridgehead atoms. The van der Waals surface area contributed by atoms with Crippen LogP contribution in [0.5, 0.6) is 0 Å². The highest BCUT2D eigenvalue weighted by Crippen LogP contribution is 2.36. The monoisotopic (exact) mass is 295 g/mol. The molecule has 2 rings (SSSR count). The summed E-state index contributed by atoms with van der Waals surface area (Å²) in [5, 5.41) is 3.55. The molecule has 94 valence electrons. The maximum atomic E-state index is 3.55. The van der Waals surface area contributed by atoms with Gasteiger partial charge < -0.3 is 5.32 Å². The number of halogens is 1. The molecule has 0 saturated heterocycles. The Morgan fingerprint density at radius 2 is 2.12 bits per heavy atom. The fourth-order valence-corrected chi connectivity index (χ4v) is 3.05. The molecule has 17 heavy (non-hydrogen) atoms. The van der Waals surface area contributed by atoms with E-state index in [1.807, 2.05) is 0 Å². The fraction of sp³-hybridized carbons (Fsp3) is 0.600. The quantitative estimate of drug-likeness (QED) is 0.782. The highest BCUT2D eigenvalue weighted by Gasteiger charge is 2.30. The Kier molecular flexibility index (Phi) is 5.05. The standard InChI is InChI=1S/C15H22BrN/c1-2-8-17-11-14-7-6-13(14)9-12-4-3-5-15(16)10-12/h3-5,10,13-14,17H,2,6-9,11H2,1H3. The molecule has 0 aliphatic heterocycles. The van der Waals surface area contributed by atoms with Crippen molar-refractivity contribution in [1.29, 1.82) is 0 Å². The van der Waals surface area contributed by atoms with Crippen molar-refractivity contribution < 1.29 is 0 Å². The first-order chi connectivity index (χ1) is 8.29. The van der Waals surface area contributed by atoms with Crippen LogP contribution in [-0.2, 0) is 6.42 Å². The van der Waals surface area contributed by atoms with Crippen LogP contribution in [0.2, 0.25) is 0 Å². The third-order valence-corrected chi connectivity index (χ3v) is 4.29. The summed E-state index contributed by atoms with van der Waals surface area (Å²) in [5.74, 6) is 1.80. The molecule has 2 heteroatoms. The molecule has 0 spiro atoms. The minimum absolute atomic E-state index is 0.897. The van der Waals surface area contributed by atoms with E-state index in [9.17, 15) is 0 Å². The van der Waals surface area contributed by atoms with Crippen LogP contribution in [0.1, 0.15) is 31.7 Å². The highest BCUT2D eigenvalue weighted by atomic mass is 79.9. The highest BCUT2D eigenvalue weighted by molar-refractivity contribution is 9.10. The molecule has 0 aromatic heterocycles. The van der Waals surface area contributed by atoms with Gasteiger partial charge in [-0.3, -0.25) is 0 Å². The lowest BCUT2D eigenvalue weighted by atomic mass is 9.70. The third-order valence-electron chi connectivity index (χ3n) is 3.80. The van der Waals surface area contributed by atoms with Crippen LogP contribution in [0.3, 0.4) is 0 Å². The van der Waals surface area contributed by atoms with Gasteiger partial charge in [-0.15, -0.1) is 0 Å². The molecular formula is C15H22BrN. The first kappa shape index (κ1) is 13.1. The summed E-state index contributed by atoms with van der Waals surface area (Å²) in [7, 11) is 0. The van der Waals surface area contributed by atoms with Crippen molar-refractivity contribution in [2.75, 3.05) is 13.1 Å². The zero-order chi connectivity index (χ0) is 12.1. The van der Waals surface area contributed by atoms with Gasteiger partial charge in [-0.25, -0.2) is 0 Å². The summed E-state index contributed by atoms with van der Waals surface area (Å²) in [6, 6.07) is 8.75. The van der Waals surface area contributed by atoms with Crippen LogP contribution in [0.25, 0.3) is 0 Å². The first-order valence-electron chi connectivity index (χ1n) is 6.74. The normalized spacial score (nSPS) is 23.4. The Hall–Kier alpha value is -0.340. The zero-order valence-corrected chi connectivity index (χ0v) is 12.2. The number of hydrogen-bond donors (Lipinski definition) is 1. The average molecular weight is 296 g/mol. The lowest BCUT2D eigenvalue weighted by Crippen LogP contribution is -2.36. The first-order valence-corrected chi connectivity index (χ1v) is 7.54. The topological polar surface area (TPSA) is 12.0 Å². The maximum Gasteiger partial charge on any atom is 0.0177 e. The molecule has 1 fully saturated rings. The third kappa shape index (κ3) is 3.82. The molecule has 0 heterocycles. The predicted molar refractivity (Wildman–Crippen MR) is 77.2 cm³/mol. The van der Waals surface area contributed by atoms with Gasteiger partial charge in [0.2, 0.25) is 0 Å². The van der Waals surface area contributed by atoms with Crippen molar-refractivity contribution in [3.05, 3.63) is 34.3 Å². The Morgan fingerprint density at radius 3 is 2.76 bits per heavy atom. The Bertz CT molecular complexity index is 351. The smallest absolute Gasteiger partial charge is 0.0177 e. The minimum Gasteiger partial charge on any atom is -0.316 e. The number of benzene rings is 1. The van der Waals surface area contributed by atoms with E-state index in [-0.39, 0.29) is 0 Å². The maximum absolute atomic E-state index is 3.55. The van der Waals surface area contributed by atoms with Gasteiger partial charge in [0.25, 0.3) is 0 Å². The van der Waals surface area contributed by atoms with Crippen LogP contribution in [0, 0.1) is 11.8 Å². The molecule has 1 saturated carbocycles. The summed E-state index contributed by atoms with van der Waals surface area (Å²) in [5.41, 5.74) is 1.48. The Balaban J connectivity index is 1.79. The minimum atomic E-state index is 0.897. The van der Waals surface area contributed by atoms with Gasteiger partial charge in [0.15, 0.2) is 0 Å². The molecule has 2 atom stereocenters. The van der Waals surface area contributed by atoms with Gasteiger partial charge in [-0.1, -0.05) is 35.0 Å². The van der Waals surface area contributed by atoms with Gasteiger partial charge in [-0.2, -0.15) is 0 Å². The second kappa shape index (κ2) is 6.55. The van der Waals surface area contributed by atoms with E-state index < -0.39 is 0 Å². The number of hydrogen-bond acceptors (Lipinski definition) is 1. The Labute approximate surface area is 113 Å².